The largest absolute Gasteiger partial charge is 0.481 e. The summed E-state index contributed by atoms with van der Waals surface area (Å²) >= 11 is 0. The first kappa shape index (κ1) is 38.3. The molecule has 11 heteroatoms. The predicted octanol–water partition coefficient (Wildman–Crippen LogP) is 4.15. The molecule has 0 bridgehead atoms. The quantitative estimate of drug-likeness (QED) is 0.0779. The molecule has 2 amide bonds. The SMILES string of the molecule is C=C(CCCCCCCCCCCCCCC(=O)O)N[C@@H](CCC(=O)NCCOCCOCC(=O)NCC)C(=O)O. The second kappa shape index (κ2) is 27.5. The molecule has 0 fully saturated rings. The van der Waals surface area contributed by atoms with Crippen LogP contribution in [0.25, 0.3) is 0 Å². The number of hydrogen-bond donors (Lipinski definition) is 5. The van der Waals surface area contributed by atoms with Crippen LogP contribution in [0.3, 0.4) is 0 Å². The van der Waals surface area contributed by atoms with E-state index in [1.54, 1.807) is 0 Å². The molecule has 0 saturated heterocycles. The van der Waals surface area contributed by atoms with Gasteiger partial charge in [0.2, 0.25) is 11.8 Å². The van der Waals surface area contributed by atoms with Crippen molar-refractivity contribution in [1.29, 1.82) is 0 Å². The van der Waals surface area contributed by atoms with Crippen LogP contribution in [-0.2, 0) is 28.7 Å². The Kier molecular flexibility index (Phi) is 25.7. The molecule has 5 N–H and O–H groups in total. The van der Waals surface area contributed by atoms with Gasteiger partial charge in [0.15, 0.2) is 0 Å². The summed E-state index contributed by atoms with van der Waals surface area (Å²) in [6.07, 6.45) is 14.6. The van der Waals surface area contributed by atoms with E-state index < -0.39 is 18.0 Å². The topological polar surface area (TPSA) is 163 Å². The van der Waals surface area contributed by atoms with Crippen molar-refractivity contribution in [2.24, 2.45) is 0 Å². The zero-order chi connectivity index (χ0) is 30.6. The van der Waals surface area contributed by atoms with E-state index in [2.05, 4.69) is 22.5 Å². The molecule has 238 valence electrons. The van der Waals surface area contributed by atoms with Crippen molar-refractivity contribution in [1.82, 2.24) is 16.0 Å². The third-order valence-electron chi connectivity index (χ3n) is 6.50. The molecule has 0 heterocycles. The highest BCUT2D eigenvalue weighted by molar-refractivity contribution is 5.78. The molecule has 0 aliphatic rings. The molecule has 0 aromatic heterocycles. The zero-order valence-corrected chi connectivity index (χ0v) is 25.2. The normalized spacial score (nSPS) is 11.5. The Balaban J connectivity index is 3.71. The lowest BCUT2D eigenvalue weighted by molar-refractivity contribution is -0.140. The Morgan fingerprint density at radius 2 is 1.22 bits per heavy atom. The van der Waals surface area contributed by atoms with Crippen molar-refractivity contribution >= 4 is 23.8 Å². The van der Waals surface area contributed by atoms with Gasteiger partial charge < -0.3 is 35.6 Å². The van der Waals surface area contributed by atoms with Crippen LogP contribution in [0, 0.1) is 0 Å². The molecule has 0 unspecified atom stereocenters. The molecule has 0 aromatic rings. The fraction of sp³-hybridized carbons (Fsp3) is 0.800. The summed E-state index contributed by atoms with van der Waals surface area (Å²) in [5, 5.41) is 26.4. The maximum Gasteiger partial charge on any atom is 0.326 e. The summed E-state index contributed by atoms with van der Waals surface area (Å²) in [4.78, 5) is 45.4. The standard InChI is InChI=1S/C30H55N3O8/c1-3-31-28(35)24-41-23-22-40-21-20-32-27(34)19-18-26(30(38)39)33-25(2)16-14-12-10-8-6-4-5-7-9-11-13-15-17-29(36)37/h26,33H,2-24H2,1H3,(H,31,35)(H,32,34)(H,36,37)(H,38,39)/t26-/m0/s1. The highest BCUT2D eigenvalue weighted by Gasteiger charge is 2.19. The zero-order valence-electron chi connectivity index (χ0n) is 25.2. The Morgan fingerprint density at radius 1 is 0.683 bits per heavy atom. The number of carbonyl (C=O) groups is 4. The van der Waals surface area contributed by atoms with Crippen molar-refractivity contribution in [2.45, 2.75) is 116 Å². The molecule has 1 atom stereocenters. The number of rotatable bonds is 30. The van der Waals surface area contributed by atoms with Gasteiger partial charge in [-0.15, -0.1) is 0 Å². The summed E-state index contributed by atoms with van der Waals surface area (Å²) in [5.41, 5.74) is 0.684. The highest BCUT2D eigenvalue weighted by atomic mass is 16.5. The van der Waals surface area contributed by atoms with Gasteiger partial charge in [-0.3, -0.25) is 14.4 Å². The van der Waals surface area contributed by atoms with E-state index in [4.69, 9.17) is 14.6 Å². The van der Waals surface area contributed by atoms with Gasteiger partial charge in [0.25, 0.3) is 0 Å². The van der Waals surface area contributed by atoms with Crippen LogP contribution < -0.4 is 16.0 Å². The highest BCUT2D eigenvalue weighted by Crippen LogP contribution is 2.14. The molecule has 0 aliphatic carbocycles. The van der Waals surface area contributed by atoms with E-state index in [-0.39, 0.29) is 44.3 Å². The molecule has 0 aromatic carbocycles. The van der Waals surface area contributed by atoms with E-state index >= 15 is 0 Å². The van der Waals surface area contributed by atoms with E-state index in [1.165, 1.54) is 38.5 Å². The number of nitrogens with one attached hydrogen (secondary N) is 3. The Hall–Kier alpha value is -2.66. The van der Waals surface area contributed by atoms with Crippen LogP contribution in [-0.4, -0.2) is 79.5 Å². The Labute approximate surface area is 246 Å². The average Bonchev–Trinajstić information content (AvgIpc) is 2.92. The Morgan fingerprint density at radius 3 is 1.76 bits per heavy atom. The molecule has 11 nitrogen and oxygen atoms in total. The Bertz CT molecular complexity index is 733. The number of ether oxygens (including phenoxy) is 2. The fourth-order valence-electron chi connectivity index (χ4n) is 4.22. The summed E-state index contributed by atoms with van der Waals surface area (Å²) in [6, 6.07) is -0.858. The molecule has 0 rings (SSSR count). The van der Waals surface area contributed by atoms with Gasteiger partial charge in [-0.05, 0) is 32.6 Å². The molecule has 0 spiro atoms. The van der Waals surface area contributed by atoms with Crippen molar-refractivity contribution in [3.63, 3.8) is 0 Å². The number of hydrogen-bond acceptors (Lipinski definition) is 7. The lowest BCUT2D eigenvalue weighted by Gasteiger charge is -2.17. The van der Waals surface area contributed by atoms with Gasteiger partial charge in [0.1, 0.15) is 12.6 Å². The molecular formula is C30H55N3O8. The van der Waals surface area contributed by atoms with E-state index in [9.17, 15) is 24.3 Å². The van der Waals surface area contributed by atoms with Crippen molar-refractivity contribution in [2.75, 3.05) is 39.5 Å². The van der Waals surface area contributed by atoms with Gasteiger partial charge in [-0.25, -0.2) is 4.79 Å². The van der Waals surface area contributed by atoms with Crippen LogP contribution in [0.5, 0.6) is 0 Å². The van der Waals surface area contributed by atoms with Crippen LogP contribution >= 0.6 is 0 Å². The third kappa shape index (κ3) is 27.3. The lowest BCUT2D eigenvalue weighted by atomic mass is 10.0. The number of likely N-dealkylation sites (N-methyl/N-ethyl adjacent to an activating group) is 1. The van der Waals surface area contributed by atoms with Crippen LogP contribution in [0.2, 0.25) is 0 Å². The molecule has 0 saturated carbocycles. The minimum absolute atomic E-state index is 0.0122. The van der Waals surface area contributed by atoms with Gasteiger partial charge in [-0.1, -0.05) is 70.8 Å². The maximum absolute atomic E-state index is 12.1. The number of carbonyl (C=O) groups excluding carboxylic acids is 2. The molecule has 41 heavy (non-hydrogen) atoms. The van der Waals surface area contributed by atoms with Crippen molar-refractivity contribution in [3.8, 4) is 0 Å². The first-order valence-electron chi connectivity index (χ1n) is 15.3. The second-order valence-corrected chi connectivity index (χ2v) is 10.3. The second-order valence-electron chi connectivity index (χ2n) is 10.3. The smallest absolute Gasteiger partial charge is 0.326 e. The molecular weight excluding hydrogens is 530 g/mol. The first-order chi connectivity index (χ1) is 19.8. The fourth-order valence-corrected chi connectivity index (χ4v) is 4.22. The molecule has 0 radical (unpaired) electrons. The van der Waals surface area contributed by atoms with Crippen molar-refractivity contribution in [3.05, 3.63) is 12.3 Å². The number of allylic oxidation sites excluding steroid dienone is 1. The number of amides is 2. The van der Waals surface area contributed by atoms with Crippen LogP contribution in [0.15, 0.2) is 12.3 Å². The number of unbranched alkanes of at least 4 members (excludes halogenated alkanes) is 11. The monoisotopic (exact) mass is 585 g/mol. The van der Waals surface area contributed by atoms with Gasteiger partial charge >= 0.3 is 11.9 Å². The molecule has 0 aliphatic heterocycles. The summed E-state index contributed by atoms with van der Waals surface area (Å²) in [6.45, 7) is 7.53. The van der Waals surface area contributed by atoms with Gasteiger partial charge in [0.05, 0.1) is 19.8 Å². The minimum Gasteiger partial charge on any atom is -0.481 e. The first-order valence-corrected chi connectivity index (χ1v) is 15.3. The average molecular weight is 586 g/mol. The van der Waals surface area contributed by atoms with Crippen LogP contribution in [0.4, 0.5) is 0 Å². The summed E-state index contributed by atoms with van der Waals surface area (Å²) < 4.78 is 10.5. The lowest BCUT2D eigenvalue weighted by Crippen LogP contribution is -2.37. The predicted molar refractivity (Wildman–Crippen MR) is 159 cm³/mol. The van der Waals surface area contributed by atoms with Crippen LogP contribution in [0.1, 0.15) is 110 Å². The van der Waals surface area contributed by atoms with E-state index in [0.29, 0.717) is 38.4 Å². The third-order valence-corrected chi connectivity index (χ3v) is 6.50. The number of carboxylic acids is 2. The summed E-state index contributed by atoms with van der Waals surface area (Å²) in [5.74, 6) is -2.13. The maximum atomic E-state index is 12.1. The number of carboxylic acid groups (broad SMARTS) is 2. The van der Waals surface area contributed by atoms with Crippen molar-refractivity contribution < 1.29 is 38.9 Å². The van der Waals surface area contributed by atoms with Gasteiger partial charge in [0, 0.05) is 31.6 Å². The summed E-state index contributed by atoms with van der Waals surface area (Å²) in [7, 11) is 0. The number of aliphatic carboxylic acids is 2. The minimum atomic E-state index is -1.00. The van der Waals surface area contributed by atoms with E-state index in [0.717, 1.165) is 38.5 Å². The van der Waals surface area contributed by atoms with Gasteiger partial charge in [-0.2, -0.15) is 0 Å². The van der Waals surface area contributed by atoms with E-state index in [1.807, 2.05) is 6.92 Å².